The van der Waals surface area contributed by atoms with Gasteiger partial charge in [0.25, 0.3) is 0 Å². The quantitative estimate of drug-likeness (QED) is 0.639. The summed E-state index contributed by atoms with van der Waals surface area (Å²) in [5.41, 5.74) is 4.13. The summed E-state index contributed by atoms with van der Waals surface area (Å²) in [6, 6.07) is 3.72. The van der Waals surface area contributed by atoms with Crippen LogP contribution in [0.2, 0.25) is 0 Å². The van der Waals surface area contributed by atoms with Gasteiger partial charge in [-0.15, -0.1) is 0 Å². The van der Waals surface area contributed by atoms with Crippen LogP contribution < -0.4 is 11.3 Å². The smallest absolute Gasteiger partial charge is 0.181 e. The Morgan fingerprint density at radius 1 is 1.28 bits per heavy atom. The Morgan fingerprint density at radius 3 is 2.67 bits per heavy atom. The van der Waals surface area contributed by atoms with Crippen LogP contribution >= 0.6 is 31.9 Å². The molecule has 0 spiro atoms. The predicted molar refractivity (Wildman–Crippen MR) is 77.9 cm³/mol. The molecule has 7 heteroatoms. The maximum atomic E-state index is 5.40. The fourth-order valence-electron chi connectivity index (χ4n) is 1.44. The minimum atomic E-state index is 0.543. The first-order chi connectivity index (χ1) is 8.63. The van der Waals surface area contributed by atoms with E-state index in [1.807, 2.05) is 19.1 Å². The Bertz CT molecular complexity index is 551. The van der Waals surface area contributed by atoms with Crippen molar-refractivity contribution in [1.29, 1.82) is 0 Å². The van der Waals surface area contributed by atoms with Crippen molar-refractivity contribution >= 4 is 37.7 Å². The third kappa shape index (κ3) is 2.85. The maximum Gasteiger partial charge on any atom is 0.181 e. The van der Waals surface area contributed by atoms with Crippen LogP contribution in [0.5, 0.6) is 0 Å². The molecule has 94 valence electrons. The van der Waals surface area contributed by atoms with Gasteiger partial charge in [-0.25, -0.2) is 15.8 Å². The van der Waals surface area contributed by atoms with Crippen LogP contribution in [0.3, 0.4) is 0 Å². The topological polar surface area (TPSA) is 76.7 Å². The van der Waals surface area contributed by atoms with Gasteiger partial charge in [0, 0.05) is 26.9 Å². The van der Waals surface area contributed by atoms with Gasteiger partial charge in [0.15, 0.2) is 5.82 Å². The standard InChI is InChI=1S/C11H11Br2N5/c1-2-7-4-9(18-14)17-11(16-7)10-8(13)3-6(12)5-15-10/h3-5H,2,14H2,1H3,(H,16,17,18). The number of hydrogen-bond acceptors (Lipinski definition) is 5. The number of nitrogens with one attached hydrogen (secondary N) is 1. The lowest BCUT2D eigenvalue weighted by atomic mass is 10.3. The molecular weight excluding hydrogens is 362 g/mol. The molecule has 5 nitrogen and oxygen atoms in total. The number of nitrogen functional groups attached to an aromatic ring is 1. The minimum Gasteiger partial charge on any atom is -0.308 e. The van der Waals surface area contributed by atoms with Crippen molar-refractivity contribution in [3.05, 3.63) is 33.0 Å². The van der Waals surface area contributed by atoms with Crippen molar-refractivity contribution in [3.8, 4) is 11.5 Å². The number of halogens is 2. The van der Waals surface area contributed by atoms with E-state index >= 15 is 0 Å². The summed E-state index contributed by atoms with van der Waals surface area (Å²) in [6.07, 6.45) is 2.51. The number of nitrogens with zero attached hydrogens (tertiary/aromatic N) is 3. The Kier molecular flexibility index (Phi) is 4.26. The largest absolute Gasteiger partial charge is 0.308 e. The third-order valence-electron chi connectivity index (χ3n) is 2.31. The van der Waals surface area contributed by atoms with Crippen LogP contribution in [-0.2, 0) is 6.42 Å². The van der Waals surface area contributed by atoms with Crippen molar-refractivity contribution in [2.24, 2.45) is 5.84 Å². The summed E-state index contributed by atoms with van der Waals surface area (Å²) in [6.45, 7) is 2.02. The molecule has 0 aliphatic rings. The van der Waals surface area contributed by atoms with E-state index in [2.05, 4.69) is 52.2 Å². The number of anilines is 1. The molecule has 0 saturated carbocycles. The molecule has 0 saturated heterocycles. The lowest BCUT2D eigenvalue weighted by Crippen LogP contribution is -2.10. The first-order valence-electron chi connectivity index (χ1n) is 5.30. The van der Waals surface area contributed by atoms with Crippen molar-refractivity contribution in [2.75, 3.05) is 5.43 Å². The second-order valence-electron chi connectivity index (χ2n) is 3.55. The van der Waals surface area contributed by atoms with E-state index < -0.39 is 0 Å². The molecule has 0 aliphatic carbocycles. The molecule has 0 atom stereocenters. The van der Waals surface area contributed by atoms with Crippen LogP contribution in [0.15, 0.2) is 27.3 Å². The zero-order valence-corrected chi connectivity index (χ0v) is 12.8. The van der Waals surface area contributed by atoms with E-state index in [0.29, 0.717) is 17.3 Å². The molecule has 2 aromatic rings. The van der Waals surface area contributed by atoms with Gasteiger partial charge in [-0.1, -0.05) is 6.92 Å². The summed E-state index contributed by atoms with van der Waals surface area (Å²) in [5.74, 6) is 6.52. The van der Waals surface area contributed by atoms with E-state index in [4.69, 9.17) is 5.84 Å². The van der Waals surface area contributed by atoms with Crippen LogP contribution in [0, 0.1) is 0 Å². The Morgan fingerprint density at radius 2 is 2.06 bits per heavy atom. The van der Waals surface area contributed by atoms with Crippen molar-refractivity contribution in [1.82, 2.24) is 15.0 Å². The van der Waals surface area contributed by atoms with Gasteiger partial charge in [0.05, 0.1) is 0 Å². The number of pyridine rings is 1. The first kappa shape index (κ1) is 13.4. The second kappa shape index (κ2) is 5.73. The number of aryl methyl sites for hydroxylation is 1. The van der Waals surface area contributed by atoms with E-state index in [-0.39, 0.29) is 0 Å². The molecule has 0 radical (unpaired) electrons. The van der Waals surface area contributed by atoms with E-state index in [1.54, 1.807) is 6.20 Å². The highest BCUT2D eigenvalue weighted by atomic mass is 79.9. The molecule has 0 bridgehead atoms. The molecule has 18 heavy (non-hydrogen) atoms. The summed E-state index contributed by atoms with van der Waals surface area (Å²) in [7, 11) is 0. The monoisotopic (exact) mass is 371 g/mol. The summed E-state index contributed by atoms with van der Waals surface area (Å²) in [5, 5.41) is 0. The molecule has 0 amide bonds. The van der Waals surface area contributed by atoms with Crippen LogP contribution in [0.25, 0.3) is 11.5 Å². The van der Waals surface area contributed by atoms with Gasteiger partial charge in [-0.05, 0) is 44.3 Å². The van der Waals surface area contributed by atoms with Gasteiger partial charge in [-0.2, -0.15) is 0 Å². The van der Waals surface area contributed by atoms with Crippen LogP contribution in [0.1, 0.15) is 12.6 Å². The molecule has 2 aromatic heterocycles. The van der Waals surface area contributed by atoms with Crippen molar-refractivity contribution in [2.45, 2.75) is 13.3 Å². The van der Waals surface area contributed by atoms with E-state index in [1.165, 1.54) is 0 Å². The van der Waals surface area contributed by atoms with E-state index in [0.717, 1.165) is 21.1 Å². The normalized spacial score (nSPS) is 10.4. The average Bonchev–Trinajstić information content (AvgIpc) is 2.38. The number of hydrazine groups is 1. The lowest BCUT2D eigenvalue weighted by Gasteiger charge is -2.07. The molecule has 0 unspecified atom stereocenters. The Balaban J connectivity index is 2.55. The van der Waals surface area contributed by atoms with Gasteiger partial charge in [0.1, 0.15) is 11.5 Å². The summed E-state index contributed by atoms with van der Waals surface area (Å²) >= 11 is 6.81. The number of rotatable bonds is 3. The van der Waals surface area contributed by atoms with Crippen LogP contribution in [-0.4, -0.2) is 15.0 Å². The predicted octanol–water partition coefficient (Wildman–Crippen LogP) is 2.91. The third-order valence-corrected chi connectivity index (χ3v) is 3.35. The molecule has 0 aromatic carbocycles. The molecule has 0 aliphatic heterocycles. The SMILES string of the molecule is CCc1cc(NN)nc(-c2ncc(Br)cc2Br)n1. The van der Waals surface area contributed by atoms with Crippen LogP contribution in [0.4, 0.5) is 5.82 Å². The highest BCUT2D eigenvalue weighted by Gasteiger charge is 2.11. The second-order valence-corrected chi connectivity index (χ2v) is 5.32. The Hall–Kier alpha value is -1.05. The molecular formula is C11H11Br2N5. The Labute approximate surface area is 121 Å². The number of nitrogens with two attached hydrogens (primary N) is 1. The van der Waals surface area contributed by atoms with Crippen molar-refractivity contribution in [3.63, 3.8) is 0 Å². The van der Waals surface area contributed by atoms with Gasteiger partial charge in [0.2, 0.25) is 0 Å². The highest BCUT2D eigenvalue weighted by Crippen LogP contribution is 2.27. The number of hydrogen-bond donors (Lipinski definition) is 2. The average molecular weight is 373 g/mol. The summed E-state index contributed by atoms with van der Waals surface area (Å²) < 4.78 is 1.72. The number of aromatic nitrogens is 3. The van der Waals surface area contributed by atoms with Gasteiger partial charge in [-0.3, -0.25) is 4.98 Å². The fraction of sp³-hybridized carbons (Fsp3) is 0.182. The highest BCUT2D eigenvalue weighted by molar-refractivity contribution is 9.11. The molecule has 2 rings (SSSR count). The van der Waals surface area contributed by atoms with Gasteiger partial charge < -0.3 is 5.43 Å². The summed E-state index contributed by atoms with van der Waals surface area (Å²) in [4.78, 5) is 13.1. The molecule has 0 fully saturated rings. The molecule has 2 heterocycles. The maximum absolute atomic E-state index is 5.40. The fourth-order valence-corrected chi connectivity index (χ4v) is 2.60. The zero-order valence-electron chi connectivity index (χ0n) is 9.61. The zero-order chi connectivity index (χ0) is 13.1. The molecule has 3 N–H and O–H groups in total. The first-order valence-corrected chi connectivity index (χ1v) is 6.88. The van der Waals surface area contributed by atoms with E-state index in [9.17, 15) is 0 Å². The lowest BCUT2D eigenvalue weighted by molar-refractivity contribution is 0.993. The van der Waals surface area contributed by atoms with Gasteiger partial charge >= 0.3 is 0 Å². The minimum absolute atomic E-state index is 0.543. The van der Waals surface area contributed by atoms with Crippen molar-refractivity contribution < 1.29 is 0 Å².